The Kier molecular flexibility index (Phi) is 7.99. The van der Waals surface area contributed by atoms with Gasteiger partial charge < -0.3 is 0 Å². The van der Waals surface area contributed by atoms with Gasteiger partial charge in [0.2, 0.25) is 0 Å². The van der Waals surface area contributed by atoms with Crippen LogP contribution in [-0.2, 0) is 0 Å². The van der Waals surface area contributed by atoms with E-state index in [0.29, 0.717) is 12.1 Å². The third kappa shape index (κ3) is 5.33. The van der Waals surface area contributed by atoms with Crippen molar-refractivity contribution in [2.24, 2.45) is 0 Å². The molecule has 0 fully saturated rings. The topological polar surface area (TPSA) is 6.48 Å². The van der Waals surface area contributed by atoms with Gasteiger partial charge in [-0.15, -0.1) is 0 Å². The van der Waals surface area contributed by atoms with Crippen LogP contribution in [0.2, 0.25) is 0 Å². The van der Waals surface area contributed by atoms with Crippen molar-refractivity contribution in [3.63, 3.8) is 0 Å². The Labute approximate surface area is 179 Å². The maximum atomic E-state index is 2.78. The van der Waals surface area contributed by atoms with Crippen molar-refractivity contribution in [2.45, 2.75) is 39.8 Å². The number of benzene rings is 3. The molecule has 3 rings (SSSR count). The molecule has 29 heavy (non-hydrogen) atoms. The fourth-order valence-electron chi connectivity index (χ4n) is 3.28. The molecule has 1 atom stereocenters. The highest BCUT2D eigenvalue weighted by Gasteiger charge is 2.35. The maximum absolute atomic E-state index is 2.78. The maximum Gasteiger partial charge on any atom is 0.0769 e. The molecule has 0 amide bonds. The summed E-state index contributed by atoms with van der Waals surface area (Å²) in [6.45, 7) is 9.27. The molecular weight excluding hydrogens is 390 g/mol. The second-order valence-corrected chi connectivity index (χ2v) is 12.2. The van der Waals surface area contributed by atoms with Crippen LogP contribution in [0.25, 0.3) is 0 Å². The molecule has 2 nitrogen and oxygen atoms in total. The quantitative estimate of drug-likeness (QED) is 0.428. The summed E-state index contributed by atoms with van der Waals surface area (Å²) in [6, 6.07) is 34.0. The Balaban J connectivity index is 2.19. The van der Waals surface area contributed by atoms with Gasteiger partial charge in [-0.25, -0.2) is 4.44 Å². The SMILES string of the molecule is CC(C)N(C)P(c1ccccc1)N(C(C)C)P(c1ccccc1)c1ccccc1. The zero-order chi connectivity index (χ0) is 20.8. The van der Waals surface area contributed by atoms with Gasteiger partial charge in [0.15, 0.2) is 0 Å². The molecule has 4 heteroatoms. The van der Waals surface area contributed by atoms with Gasteiger partial charge in [0.1, 0.15) is 0 Å². The van der Waals surface area contributed by atoms with E-state index < -0.39 is 16.3 Å². The van der Waals surface area contributed by atoms with Crippen molar-refractivity contribution < 1.29 is 0 Å². The summed E-state index contributed by atoms with van der Waals surface area (Å²) in [6.07, 6.45) is 0. The lowest BCUT2D eigenvalue weighted by Gasteiger charge is -2.46. The van der Waals surface area contributed by atoms with E-state index >= 15 is 0 Å². The number of hydrogen-bond donors (Lipinski definition) is 0. The van der Waals surface area contributed by atoms with Crippen molar-refractivity contribution in [3.05, 3.63) is 91.0 Å². The largest absolute Gasteiger partial charge is 0.267 e. The number of hydrogen-bond acceptors (Lipinski definition) is 2. The first-order valence-corrected chi connectivity index (χ1v) is 12.8. The summed E-state index contributed by atoms with van der Waals surface area (Å²) in [5.41, 5.74) is 0. The zero-order valence-electron chi connectivity index (χ0n) is 18.1. The number of nitrogens with zero attached hydrogens (tertiary/aromatic N) is 2. The van der Waals surface area contributed by atoms with Gasteiger partial charge in [-0.3, -0.25) is 4.67 Å². The van der Waals surface area contributed by atoms with Crippen LogP contribution in [0.4, 0.5) is 0 Å². The van der Waals surface area contributed by atoms with Crippen molar-refractivity contribution >= 4 is 32.2 Å². The summed E-state index contributed by atoms with van der Waals surface area (Å²) in [5, 5.41) is 4.22. The first-order chi connectivity index (χ1) is 14.0. The van der Waals surface area contributed by atoms with E-state index in [1.807, 2.05) is 0 Å². The lowest BCUT2D eigenvalue weighted by Crippen LogP contribution is -2.39. The molecule has 0 aliphatic heterocycles. The monoisotopic (exact) mass is 422 g/mol. The lowest BCUT2D eigenvalue weighted by atomic mass is 10.4. The minimum Gasteiger partial charge on any atom is -0.267 e. The minimum absolute atomic E-state index is 0.411. The van der Waals surface area contributed by atoms with Crippen LogP contribution in [0.1, 0.15) is 27.7 Å². The third-order valence-corrected chi connectivity index (χ3v) is 11.1. The Morgan fingerprint density at radius 3 is 1.28 bits per heavy atom. The van der Waals surface area contributed by atoms with Crippen molar-refractivity contribution in [3.8, 4) is 0 Å². The smallest absolute Gasteiger partial charge is 0.0769 e. The molecule has 0 N–H and O–H groups in total. The molecule has 152 valence electrons. The average Bonchev–Trinajstić information content (AvgIpc) is 2.75. The van der Waals surface area contributed by atoms with Crippen LogP contribution in [0.5, 0.6) is 0 Å². The Morgan fingerprint density at radius 2 is 0.931 bits per heavy atom. The Morgan fingerprint density at radius 1 is 0.552 bits per heavy atom. The third-order valence-electron chi connectivity index (χ3n) is 4.90. The zero-order valence-corrected chi connectivity index (χ0v) is 19.9. The van der Waals surface area contributed by atoms with Crippen LogP contribution in [0.3, 0.4) is 0 Å². The second kappa shape index (κ2) is 10.5. The van der Waals surface area contributed by atoms with Gasteiger partial charge in [-0.1, -0.05) is 91.0 Å². The molecule has 3 aromatic rings. The van der Waals surface area contributed by atoms with Crippen LogP contribution < -0.4 is 15.9 Å². The summed E-state index contributed by atoms with van der Waals surface area (Å²) in [4.78, 5) is 0. The second-order valence-electron chi connectivity index (χ2n) is 7.69. The van der Waals surface area contributed by atoms with Crippen molar-refractivity contribution in [1.29, 1.82) is 0 Å². The summed E-state index contributed by atoms with van der Waals surface area (Å²) < 4.78 is 5.34. The van der Waals surface area contributed by atoms with Crippen LogP contribution in [0.15, 0.2) is 91.0 Å². The summed E-state index contributed by atoms with van der Waals surface area (Å²) in [5.74, 6) is 0. The highest BCUT2D eigenvalue weighted by Crippen LogP contribution is 2.58. The fraction of sp³-hybridized carbons (Fsp3) is 0.280. The summed E-state index contributed by atoms with van der Waals surface area (Å²) >= 11 is 0. The van der Waals surface area contributed by atoms with E-state index in [9.17, 15) is 0 Å². The van der Waals surface area contributed by atoms with Crippen molar-refractivity contribution in [1.82, 2.24) is 9.11 Å². The van der Waals surface area contributed by atoms with E-state index in [1.165, 1.54) is 15.9 Å². The van der Waals surface area contributed by atoms with E-state index in [-0.39, 0.29) is 0 Å². The van der Waals surface area contributed by atoms with E-state index in [0.717, 1.165) is 0 Å². The predicted molar refractivity (Wildman–Crippen MR) is 132 cm³/mol. The molecular formula is C25H32N2P2. The minimum atomic E-state index is -0.653. The lowest BCUT2D eigenvalue weighted by molar-refractivity contribution is 0.426. The number of rotatable bonds is 8. The van der Waals surface area contributed by atoms with Crippen LogP contribution >= 0.6 is 16.3 Å². The first-order valence-electron chi connectivity index (χ1n) is 10.3. The summed E-state index contributed by atoms with van der Waals surface area (Å²) in [7, 11) is 0.976. The molecule has 0 bridgehead atoms. The fourth-order valence-corrected chi connectivity index (χ4v) is 9.62. The molecule has 0 aliphatic rings. The van der Waals surface area contributed by atoms with Crippen LogP contribution in [-0.4, -0.2) is 28.2 Å². The van der Waals surface area contributed by atoms with E-state index in [4.69, 9.17) is 0 Å². The molecule has 0 saturated heterocycles. The molecule has 0 spiro atoms. The normalized spacial score (nSPS) is 13.0. The molecule has 0 aliphatic carbocycles. The molecule has 0 heterocycles. The van der Waals surface area contributed by atoms with E-state index in [1.54, 1.807) is 0 Å². The highest BCUT2D eigenvalue weighted by molar-refractivity contribution is 7.81. The van der Waals surface area contributed by atoms with Gasteiger partial charge in [0.05, 0.1) is 8.22 Å². The molecule has 0 aromatic heterocycles. The van der Waals surface area contributed by atoms with Gasteiger partial charge in [0, 0.05) is 25.5 Å². The van der Waals surface area contributed by atoms with Gasteiger partial charge in [-0.05, 0) is 45.4 Å². The molecule has 1 unspecified atom stereocenters. The highest BCUT2D eigenvalue weighted by atomic mass is 31.2. The van der Waals surface area contributed by atoms with Gasteiger partial charge in [-0.2, -0.15) is 0 Å². The van der Waals surface area contributed by atoms with E-state index in [2.05, 4.69) is 135 Å². The first kappa shape index (κ1) is 22.1. The van der Waals surface area contributed by atoms with Crippen LogP contribution in [0, 0.1) is 0 Å². The van der Waals surface area contributed by atoms with Gasteiger partial charge >= 0.3 is 0 Å². The van der Waals surface area contributed by atoms with Crippen molar-refractivity contribution in [2.75, 3.05) is 7.05 Å². The Bertz CT molecular complexity index is 814. The predicted octanol–water partition coefficient (Wildman–Crippen LogP) is 5.72. The Hall–Kier alpha value is -1.56. The average molecular weight is 422 g/mol. The standard InChI is InChI=1S/C25H32N2P2/c1-21(2)26(5)29(25-19-13-8-14-20-25)27(22(3)4)28(23-15-9-6-10-16-23)24-17-11-7-12-18-24/h6-22H,1-5H3. The molecule has 0 saturated carbocycles. The molecule has 3 aromatic carbocycles. The van der Waals surface area contributed by atoms with Gasteiger partial charge in [0.25, 0.3) is 0 Å². The molecule has 0 radical (unpaired) electrons.